The van der Waals surface area contributed by atoms with Crippen molar-refractivity contribution in [2.45, 2.75) is 18.4 Å². The normalized spacial score (nSPS) is 11.6. The van der Waals surface area contributed by atoms with Crippen molar-refractivity contribution in [1.82, 2.24) is 0 Å². The van der Waals surface area contributed by atoms with Gasteiger partial charge in [-0.2, -0.15) is 8.78 Å². The first kappa shape index (κ1) is 21.4. The molecule has 0 saturated heterocycles. The highest BCUT2D eigenvalue weighted by Crippen LogP contribution is 2.30. The van der Waals surface area contributed by atoms with E-state index in [1.54, 1.807) is 13.0 Å². The van der Waals surface area contributed by atoms with Crippen LogP contribution in [0.1, 0.15) is 12.5 Å². The summed E-state index contributed by atoms with van der Waals surface area (Å²) < 4.78 is 57.6. The number of anilines is 1. The molecule has 1 N–H and O–H groups in total. The molecule has 0 heterocycles. The van der Waals surface area contributed by atoms with E-state index in [0.717, 1.165) is 6.26 Å². The Hall–Kier alpha value is -2.94. The van der Waals surface area contributed by atoms with Gasteiger partial charge < -0.3 is 14.8 Å². The number of carbonyl (C=O) groups is 1. The van der Waals surface area contributed by atoms with Crippen molar-refractivity contribution in [3.63, 3.8) is 0 Å². The Kier molecular flexibility index (Phi) is 7.11. The average molecular weight is 411 g/mol. The highest BCUT2D eigenvalue weighted by Gasteiger charge is 2.11. The van der Waals surface area contributed by atoms with Crippen LogP contribution in [0.25, 0.3) is 6.08 Å². The Labute approximate surface area is 161 Å². The van der Waals surface area contributed by atoms with E-state index in [1.165, 1.54) is 48.6 Å². The lowest BCUT2D eigenvalue weighted by Crippen LogP contribution is -2.08. The fourth-order valence-electron chi connectivity index (χ4n) is 2.25. The molecule has 0 aliphatic heterocycles. The molecule has 0 aromatic heterocycles. The number of alkyl halides is 2. The molecule has 0 fully saturated rings. The second-order valence-electron chi connectivity index (χ2n) is 5.64. The average Bonchev–Trinajstić information content (AvgIpc) is 2.61. The lowest BCUT2D eigenvalue weighted by Gasteiger charge is -2.11. The maximum atomic E-state index is 12.4. The second kappa shape index (κ2) is 9.32. The van der Waals surface area contributed by atoms with Crippen LogP contribution in [-0.4, -0.2) is 33.8 Å². The standard InChI is InChI=1S/C19H19F2NO5S/c1-3-26-17-11-13(7-9-16(17)27-19(20)21)8-10-18(23)22-14-5-4-6-15(12-14)28(2,24)25/h4-12,19H,3H2,1-2H3,(H,22,23). The molecule has 0 radical (unpaired) electrons. The molecule has 0 unspecified atom stereocenters. The van der Waals surface area contributed by atoms with Gasteiger partial charge in [-0.05, 0) is 48.9 Å². The summed E-state index contributed by atoms with van der Waals surface area (Å²) in [4.78, 5) is 12.2. The number of hydrogen-bond donors (Lipinski definition) is 1. The minimum atomic E-state index is -3.39. The lowest BCUT2D eigenvalue weighted by atomic mass is 10.2. The van der Waals surface area contributed by atoms with Crippen LogP contribution in [0, 0.1) is 0 Å². The third-order valence-corrected chi connectivity index (χ3v) is 4.55. The number of amides is 1. The Morgan fingerprint density at radius 1 is 1.18 bits per heavy atom. The smallest absolute Gasteiger partial charge is 0.387 e. The van der Waals surface area contributed by atoms with Crippen molar-refractivity contribution in [2.75, 3.05) is 18.2 Å². The number of carbonyl (C=O) groups excluding carboxylic acids is 1. The number of benzene rings is 2. The first-order valence-corrected chi connectivity index (χ1v) is 10.1. The van der Waals surface area contributed by atoms with Crippen LogP contribution >= 0.6 is 0 Å². The first-order valence-electron chi connectivity index (χ1n) is 8.20. The fraction of sp³-hybridized carbons (Fsp3) is 0.211. The van der Waals surface area contributed by atoms with Gasteiger partial charge in [0.05, 0.1) is 11.5 Å². The van der Waals surface area contributed by atoms with Crippen molar-refractivity contribution in [3.8, 4) is 11.5 Å². The highest BCUT2D eigenvalue weighted by molar-refractivity contribution is 7.90. The fourth-order valence-corrected chi connectivity index (χ4v) is 2.92. The van der Waals surface area contributed by atoms with Crippen molar-refractivity contribution in [1.29, 1.82) is 0 Å². The van der Waals surface area contributed by atoms with E-state index in [2.05, 4.69) is 10.1 Å². The molecule has 0 saturated carbocycles. The van der Waals surface area contributed by atoms with Gasteiger partial charge in [0, 0.05) is 18.0 Å². The number of halogens is 2. The van der Waals surface area contributed by atoms with Crippen LogP contribution in [0.4, 0.5) is 14.5 Å². The van der Waals surface area contributed by atoms with Crippen LogP contribution in [0.5, 0.6) is 11.5 Å². The van der Waals surface area contributed by atoms with E-state index in [0.29, 0.717) is 11.3 Å². The summed E-state index contributed by atoms with van der Waals surface area (Å²) in [6.45, 7) is -1.02. The van der Waals surface area contributed by atoms with Gasteiger partial charge in [-0.1, -0.05) is 12.1 Å². The molecule has 0 aliphatic carbocycles. The van der Waals surface area contributed by atoms with E-state index in [4.69, 9.17) is 4.74 Å². The Bertz CT molecular complexity index is 974. The maximum Gasteiger partial charge on any atom is 0.387 e. The van der Waals surface area contributed by atoms with Crippen LogP contribution in [0.15, 0.2) is 53.4 Å². The summed E-state index contributed by atoms with van der Waals surface area (Å²) >= 11 is 0. The molecule has 2 rings (SSSR count). The molecule has 28 heavy (non-hydrogen) atoms. The van der Waals surface area contributed by atoms with Gasteiger partial charge in [0.25, 0.3) is 0 Å². The van der Waals surface area contributed by atoms with Gasteiger partial charge in [-0.3, -0.25) is 4.79 Å². The topological polar surface area (TPSA) is 81.7 Å². The monoisotopic (exact) mass is 411 g/mol. The van der Waals surface area contributed by atoms with E-state index < -0.39 is 22.4 Å². The Morgan fingerprint density at radius 2 is 1.93 bits per heavy atom. The van der Waals surface area contributed by atoms with Gasteiger partial charge in [0.2, 0.25) is 5.91 Å². The Morgan fingerprint density at radius 3 is 2.57 bits per heavy atom. The second-order valence-corrected chi connectivity index (χ2v) is 7.66. The molecule has 0 atom stereocenters. The zero-order valence-electron chi connectivity index (χ0n) is 15.2. The minimum Gasteiger partial charge on any atom is -0.490 e. The molecule has 1 amide bonds. The van der Waals surface area contributed by atoms with Crippen molar-refractivity contribution >= 4 is 27.5 Å². The number of rotatable bonds is 8. The van der Waals surface area contributed by atoms with E-state index in [9.17, 15) is 22.0 Å². The van der Waals surface area contributed by atoms with Gasteiger partial charge >= 0.3 is 6.61 Å². The van der Waals surface area contributed by atoms with Crippen molar-refractivity contribution in [3.05, 3.63) is 54.1 Å². The quantitative estimate of drug-likeness (QED) is 0.669. The predicted molar refractivity (Wildman–Crippen MR) is 101 cm³/mol. The molecule has 0 aliphatic rings. The zero-order valence-corrected chi connectivity index (χ0v) is 16.0. The molecule has 150 valence electrons. The molecular weight excluding hydrogens is 392 g/mol. The van der Waals surface area contributed by atoms with E-state index in [1.807, 2.05) is 0 Å². The van der Waals surface area contributed by atoms with Crippen molar-refractivity contribution in [2.24, 2.45) is 0 Å². The molecular formula is C19H19F2NO5S. The van der Waals surface area contributed by atoms with Gasteiger partial charge in [0.1, 0.15) is 0 Å². The summed E-state index contributed by atoms with van der Waals surface area (Å²) in [6, 6.07) is 10.1. The third-order valence-electron chi connectivity index (χ3n) is 3.44. The van der Waals surface area contributed by atoms with Crippen LogP contribution in [-0.2, 0) is 14.6 Å². The number of nitrogens with one attached hydrogen (secondary N) is 1. The summed E-state index contributed by atoms with van der Waals surface area (Å²) in [5.41, 5.74) is 0.860. The van der Waals surface area contributed by atoms with Gasteiger partial charge in [0.15, 0.2) is 21.3 Å². The Balaban J connectivity index is 2.12. The molecule has 0 spiro atoms. The third kappa shape index (κ3) is 6.34. The summed E-state index contributed by atoms with van der Waals surface area (Å²) in [5.74, 6) is -0.459. The largest absolute Gasteiger partial charge is 0.490 e. The minimum absolute atomic E-state index is 0.0882. The summed E-state index contributed by atoms with van der Waals surface area (Å²) in [6.07, 6.45) is 3.77. The molecule has 6 nitrogen and oxygen atoms in total. The number of hydrogen-bond acceptors (Lipinski definition) is 5. The number of sulfone groups is 1. The molecule has 0 bridgehead atoms. The SMILES string of the molecule is CCOc1cc(C=CC(=O)Nc2cccc(S(C)(=O)=O)c2)ccc1OC(F)F. The zero-order chi connectivity index (χ0) is 20.7. The predicted octanol–water partition coefficient (Wildman–Crippen LogP) is 3.74. The summed E-state index contributed by atoms with van der Waals surface area (Å²) in [7, 11) is -3.39. The maximum absolute atomic E-state index is 12.4. The van der Waals surface area contributed by atoms with Crippen LogP contribution < -0.4 is 14.8 Å². The van der Waals surface area contributed by atoms with Crippen molar-refractivity contribution < 1.29 is 31.5 Å². The molecule has 2 aromatic carbocycles. The first-order chi connectivity index (χ1) is 13.2. The number of ether oxygens (including phenoxy) is 2. The van der Waals surface area contributed by atoms with Gasteiger partial charge in [-0.15, -0.1) is 0 Å². The van der Waals surface area contributed by atoms with Crippen LogP contribution in [0.2, 0.25) is 0 Å². The van der Waals surface area contributed by atoms with Gasteiger partial charge in [-0.25, -0.2) is 8.42 Å². The summed E-state index contributed by atoms with van der Waals surface area (Å²) in [5, 5.41) is 2.56. The van der Waals surface area contributed by atoms with E-state index >= 15 is 0 Å². The van der Waals surface area contributed by atoms with Crippen LogP contribution in [0.3, 0.4) is 0 Å². The highest BCUT2D eigenvalue weighted by atomic mass is 32.2. The molecule has 2 aromatic rings. The lowest BCUT2D eigenvalue weighted by molar-refractivity contribution is -0.111. The van der Waals surface area contributed by atoms with E-state index in [-0.39, 0.29) is 23.0 Å². The molecule has 9 heteroatoms.